The van der Waals surface area contributed by atoms with Crippen molar-refractivity contribution in [2.24, 2.45) is 5.73 Å². The van der Waals surface area contributed by atoms with Gasteiger partial charge in [-0.3, -0.25) is 9.89 Å². The van der Waals surface area contributed by atoms with Crippen molar-refractivity contribution >= 4 is 34.9 Å². The molecule has 1 heterocycles. The van der Waals surface area contributed by atoms with Gasteiger partial charge < -0.3 is 15.8 Å². The van der Waals surface area contributed by atoms with Crippen LogP contribution in [-0.4, -0.2) is 35.9 Å². The third kappa shape index (κ3) is 2.98. The largest absolute Gasteiger partial charge is 0.370 e. The zero-order valence-corrected chi connectivity index (χ0v) is 10.7. The summed E-state index contributed by atoms with van der Waals surface area (Å²) in [5.74, 6) is -0.252. The number of benzene rings is 1. The van der Waals surface area contributed by atoms with Crippen molar-refractivity contribution in [2.75, 3.05) is 19.0 Å². The van der Waals surface area contributed by atoms with Crippen molar-refractivity contribution in [1.82, 2.24) is 10.2 Å². The minimum absolute atomic E-state index is 0. The van der Waals surface area contributed by atoms with E-state index in [0.717, 1.165) is 10.9 Å². The number of aromatic nitrogens is 2. The van der Waals surface area contributed by atoms with E-state index in [4.69, 9.17) is 10.5 Å². The van der Waals surface area contributed by atoms with E-state index in [2.05, 4.69) is 15.5 Å². The Bertz CT molecular complexity index is 524. The average molecular weight is 271 g/mol. The van der Waals surface area contributed by atoms with Crippen LogP contribution in [-0.2, 0) is 9.53 Å². The number of ether oxygens (including phenoxy) is 1. The van der Waals surface area contributed by atoms with Crippen LogP contribution in [0.2, 0.25) is 0 Å². The van der Waals surface area contributed by atoms with Gasteiger partial charge in [-0.25, -0.2) is 0 Å². The number of anilines is 1. The van der Waals surface area contributed by atoms with Gasteiger partial charge in [0.2, 0.25) is 0 Å². The molecule has 1 aromatic carbocycles. The molecule has 0 radical (unpaired) electrons. The number of nitrogens with zero attached hydrogens (tertiary/aromatic N) is 1. The van der Waals surface area contributed by atoms with Crippen LogP contribution in [0, 0.1) is 0 Å². The van der Waals surface area contributed by atoms with Gasteiger partial charge in [0.25, 0.3) is 5.91 Å². The molecule has 2 rings (SSSR count). The summed E-state index contributed by atoms with van der Waals surface area (Å²) >= 11 is 0. The normalized spacial score (nSPS) is 11.9. The summed E-state index contributed by atoms with van der Waals surface area (Å²) in [5.41, 5.74) is 7.03. The Hall–Kier alpha value is -1.63. The van der Waals surface area contributed by atoms with Crippen LogP contribution in [0.4, 0.5) is 5.69 Å². The van der Waals surface area contributed by atoms with E-state index in [1.54, 1.807) is 12.3 Å². The second-order valence-corrected chi connectivity index (χ2v) is 3.62. The second-order valence-electron chi connectivity index (χ2n) is 3.62. The Kier molecular flexibility index (Phi) is 5.08. The minimum atomic E-state index is -0.630. The van der Waals surface area contributed by atoms with Gasteiger partial charge in [0, 0.05) is 24.7 Å². The van der Waals surface area contributed by atoms with Crippen LogP contribution in [0.5, 0.6) is 0 Å². The zero-order valence-electron chi connectivity index (χ0n) is 9.84. The predicted molar refractivity (Wildman–Crippen MR) is 71.8 cm³/mol. The number of methoxy groups -OCH3 is 1. The molecule has 0 aliphatic heterocycles. The number of H-pyrrole nitrogens is 1. The molecule has 4 N–H and O–H groups in total. The Morgan fingerprint density at radius 3 is 3.06 bits per heavy atom. The van der Waals surface area contributed by atoms with Crippen molar-refractivity contribution in [2.45, 2.75) is 6.10 Å². The van der Waals surface area contributed by atoms with Crippen LogP contribution in [0.3, 0.4) is 0 Å². The molecular weight excluding hydrogens is 256 g/mol. The molecule has 6 nitrogen and oxygen atoms in total. The summed E-state index contributed by atoms with van der Waals surface area (Å²) in [6.45, 7) is 0.149. The molecule has 98 valence electrons. The van der Waals surface area contributed by atoms with Crippen molar-refractivity contribution < 1.29 is 9.53 Å². The lowest BCUT2D eigenvalue weighted by molar-refractivity contribution is -0.125. The lowest BCUT2D eigenvalue weighted by Gasteiger charge is -2.12. The molecule has 0 saturated carbocycles. The first-order valence-corrected chi connectivity index (χ1v) is 5.21. The SMILES string of the molecule is COC(CN)C(=O)Nc1ccc2[nH]ncc2c1.Cl. The van der Waals surface area contributed by atoms with Crippen LogP contribution in [0.1, 0.15) is 0 Å². The molecule has 2 aromatic rings. The van der Waals surface area contributed by atoms with Gasteiger partial charge in [-0.05, 0) is 18.2 Å². The first-order valence-electron chi connectivity index (χ1n) is 5.21. The van der Waals surface area contributed by atoms with Crippen LogP contribution in [0.25, 0.3) is 10.9 Å². The van der Waals surface area contributed by atoms with Crippen LogP contribution >= 0.6 is 12.4 Å². The van der Waals surface area contributed by atoms with E-state index in [0.29, 0.717) is 5.69 Å². The number of fused-ring (bicyclic) bond motifs is 1. The monoisotopic (exact) mass is 270 g/mol. The topological polar surface area (TPSA) is 93.0 Å². The van der Waals surface area contributed by atoms with Crippen molar-refractivity contribution in [1.29, 1.82) is 0 Å². The quantitative estimate of drug-likeness (QED) is 0.769. The van der Waals surface area contributed by atoms with Gasteiger partial charge in [-0.1, -0.05) is 0 Å². The summed E-state index contributed by atoms with van der Waals surface area (Å²) < 4.78 is 4.95. The van der Waals surface area contributed by atoms with E-state index in [-0.39, 0.29) is 24.9 Å². The summed E-state index contributed by atoms with van der Waals surface area (Å²) in [7, 11) is 1.45. The number of nitrogens with one attached hydrogen (secondary N) is 2. The van der Waals surface area contributed by atoms with E-state index < -0.39 is 6.10 Å². The maximum atomic E-state index is 11.7. The Morgan fingerprint density at radius 1 is 1.61 bits per heavy atom. The molecule has 0 spiro atoms. The molecule has 0 bridgehead atoms. The third-order valence-electron chi connectivity index (χ3n) is 2.50. The molecule has 0 aliphatic rings. The standard InChI is InChI=1S/C11H14N4O2.ClH/c1-17-10(5-12)11(16)14-8-2-3-9-7(4-8)6-13-15-9;/h2-4,6,10H,5,12H2,1H3,(H,13,15)(H,14,16);1H. The number of hydrogen-bond donors (Lipinski definition) is 3. The number of amides is 1. The molecule has 0 aliphatic carbocycles. The Balaban J connectivity index is 0.00000162. The maximum Gasteiger partial charge on any atom is 0.254 e. The molecule has 1 atom stereocenters. The van der Waals surface area contributed by atoms with Crippen LogP contribution in [0.15, 0.2) is 24.4 Å². The maximum absolute atomic E-state index is 11.7. The third-order valence-corrected chi connectivity index (χ3v) is 2.50. The fraction of sp³-hybridized carbons (Fsp3) is 0.273. The number of halogens is 1. The fourth-order valence-corrected chi connectivity index (χ4v) is 1.55. The molecular formula is C11H15ClN4O2. The van der Waals surface area contributed by atoms with Crippen LogP contribution < -0.4 is 11.1 Å². The highest BCUT2D eigenvalue weighted by atomic mass is 35.5. The molecule has 18 heavy (non-hydrogen) atoms. The lowest BCUT2D eigenvalue weighted by atomic mass is 10.2. The van der Waals surface area contributed by atoms with E-state index in [1.165, 1.54) is 7.11 Å². The van der Waals surface area contributed by atoms with Gasteiger partial charge in [-0.15, -0.1) is 12.4 Å². The number of aromatic amines is 1. The Morgan fingerprint density at radius 2 is 2.39 bits per heavy atom. The first-order chi connectivity index (χ1) is 8.24. The molecule has 7 heteroatoms. The highest BCUT2D eigenvalue weighted by Gasteiger charge is 2.15. The molecule has 1 aromatic heterocycles. The van der Waals surface area contributed by atoms with E-state index in [9.17, 15) is 4.79 Å². The number of hydrogen-bond acceptors (Lipinski definition) is 4. The van der Waals surface area contributed by atoms with E-state index >= 15 is 0 Å². The van der Waals surface area contributed by atoms with Crippen molar-refractivity contribution in [3.05, 3.63) is 24.4 Å². The summed E-state index contributed by atoms with van der Waals surface area (Å²) in [6.07, 6.45) is 1.07. The number of rotatable bonds is 4. The molecule has 1 unspecified atom stereocenters. The number of nitrogens with two attached hydrogens (primary N) is 1. The predicted octanol–water partition coefficient (Wildman–Crippen LogP) is 0.897. The highest BCUT2D eigenvalue weighted by Crippen LogP contribution is 2.16. The molecule has 1 amide bonds. The van der Waals surface area contributed by atoms with Gasteiger partial charge in [0.05, 0.1) is 11.7 Å². The van der Waals surface area contributed by atoms with Gasteiger partial charge in [0.15, 0.2) is 0 Å². The molecule has 0 saturated heterocycles. The first kappa shape index (κ1) is 14.4. The average Bonchev–Trinajstić information content (AvgIpc) is 2.77. The lowest BCUT2D eigenvalue weighted by Crippen LogP contribution is -2.35. The Labute approximate surface area is 110 Å². The van der Waals surface area contributed by atoms with Crippen molar-refractivity contribution in [3.8, 4) is 0 Å². The smallest absolute Gasteiger partial charge is 0.254 e. The van der Waals surface area contributed by atoms with Gasteiger partial charge in [-0.2, -0.15) is 5.10 Å². The fourth-order valence-electron chi connectivity index (χ4n) is 1.55. The minimum Gasteiger partial charge on any atom is -0.370 e. The van der Waals surface area contributed by atoms with E-state index in [1.807, 2.05) is 12.1 Å². The molecule has 0 fully saturated rings. The summed E-state index contributed by atoms with van der Waals surface area (Å²) in [4.78, 5) is 11.7. The highest BCUT2D eigenvalue weighted by molar-refractivity contribution is 5.96. The number of carbonyl (C=O) groups excluding carboxylic acids is 1. The van der Waals surface area contributed by atoms with Crippen molar-refractivity contribution in [3.63, 3.8) is 0 Å². The number of carbonyl (C=O) groups is 1. The summed E-state index contributed by atoms with van der Waals surface area (Å²) in [5, 5.41) is 10.4. The second kappa shape index (κ2) is 6.34. The van der Waals surface area contributed by atoms with Gasteiger partial charge >= 0.3 is 0 Å². The summed E-state index contributed by atoms with van der Waals surface area (Å²) in [6, 6.07) is 5.48. The van der Waals surface area contributed by atoms with Gasteiger partial charge in [0.1, 0.15) is 6.10 Å². The zero-order chi connectivity index (χ0) is 12.3.